The number of carbonyl (C=O) groups is 1. The number of fused-ring (bicyclic) bond motifs is 1. The molecular weight excluding hydrogens is 254 g/mol. The van der Waals surface area contributed by atoms with E-state index in [1.165, 1.54) is 0 Å². The molecule has 5 nitrogen and oxygen atoms in total. The molecule has 0 aliphatic carbocycles. The van der Waals surface area contributed by atoms with Crippen LogP contribution in [0.1, 0.15) is 19.4 Å². The molecule has 1 aliphatic rings. The minimum atomic E-state index is -0.224. The molecule has 2 heterocycles. The minimum absolute atomic E-state index is 0.0460. The molecule has 0 saturated carbocycles. The van der Waals surface area contributed by atoms with Crippen LogP contribution in [0.2, 0.25) is 0 Å². The van der Waals surface area contributed by atoms with Gasteiger partial charge in [0.1, 0.15) is 11.6 Å². The van der Waals surface area contributed by atoms with Crippen molar-refractivity contribution in [2.45, 2.75) is 26.8 Å². The number of anilines is 1. The van der Waals surface area contributed by atoms with Crippen molar-refractivity contribution in [1.29, 1.82) is 0 Å². The first-order valence-corrected chi connectivity index (χ1v) is 6.98. The Hall–Kier alpha value is -2.04. The number of aromatic nitrogens is 1. The molecule has 106 valence electrons. The number of piperazine rings is 1. The summed E-state index contributed by atoms with van der Waals surface area (Å²) in [5.74, 6) is 0.247. The average molecular weight is 273 g/mol. The van der Waals surface area contributed by atoms with Crippen LogP contribution in [0.4, 0.5) is 6.01 Å². The van der Waals surface area contributed by atoms with E-state index in [0.717, 1.165) is 23.2 Å². The Labute approximate surface area is 118 Å². The molecule has 0 spiro atoms. The van der Waals surface area contributed by atoms with Gasteiger partial charge in [0, 0.05) is 13.1 Å². The van der Waals surface area contributed by atoms with E-state index in [4.69, 9.17) is 4.42 Å². The maximum Gasteiger partial charge on any atom is 0.299 e. The molecular formula is C15H19N3O2. The number of amides is 1. The molecule has 3 rings (SSSR count). The molecule has 1 aromatic heterocycles. The molecule has 1 aromatic carbocycles. The third-order valence-corrected chi connectivity index (χ3v) is 3.67. The lowest BCUT2D eigenvalue weighted by molar-refractivity contribution is -0.124. The number of hydrogen-bond donors (Lipinski definition) is 1. The maximum absolute atomic E-state index is 12.1. The largest absolute Gasteiger partial charge is 0.423 e. The van der Waals surface area contributed by atoms with Crippen molar-refractivity contribution in [3.8, 4) is 0 Å². The lowest BCUT2D eigenvalue weighted by Gasteiger charge is -2.36. The number of nitrogens with zero attached hydrogens (tertiary/aromatic N) is 2. The van der Waals surface area contributed by atoms with Crippen LogP contribution in [0, 0.1) is 12.8 Å². The van der Waals surface area contributed by atoms with Crippen molar-refractivity contribution in [2.24, 2.45) is 5.92 Å². The molecule has 2 aromatic rings. The van der Waals surface area contributed by atoms with E-state index in [2.05, 4.69) is 10.3 Å². The molecule has 1 amide bonds. The molecule has 1 atom stereocenters. The van der Waals surface area contributed by atoms with Gasteiger partial charge >= 0.3 is 0 Å². The summed E-state index contributed by atoms with van der Waals surface area (Å²) in [4.78, 5) is 18.6. The van der Waals surface area contributed by atoms with E-state index in [0.29, 0.717) is 12.6 Å². The summed E-state index contributed by atoms with van der Waals surface area (Å²) >= 11 is 0. The Balaban J connectivity index is 2.01. The highest BCUT2D eigenvalue weighted by atomic mass is 16.4. The number of oxazole rings is 1. The second-order valence-corrected chi connectivity index (χ2v) is 5.64. The summed E-state index contributed by atoms with van der Waals surface area (Å²) in [6.45, 7) is 7.45. The van der Waals surface area contributed by atoms with Crippen molar-refractivity contribution in [3.05, 3.63) is 23.8 Å². The minimum Gasteiger partial charge on any atom is -0.423 e. The SMILES string of the molecule is Cc1ccc2oc(N3CCNC(=O)C3C(C)C)nc2c1. The first-order chi connectivity index (χ1) is 9.56. The molecule has 20 heavy (non-hydrogen) atoms. The van der Waals surface area contributed by atoms with Crippen LogP contribution < -0.4 is 10.2 Å². The number of carbonyl (C=O) groups excluding carboxylic acids is 1. The number of nitrogens with one attached hydrogen (secondary N) is 1. The summed E-state index contributed by atoms with van der Waals surface area (Å²) in [5, 5.41) is 2.91. The summed E-state index contributed by atoms with van der Waals surface area (Å²) in [5.41, 5.74) is 2.75. The monoisotopic (exact) mass is 273 g/mol. The van der Waals surface area contributed by atoms with Gasteiger partial charge in [-0.2, -0.15) is 4.98 Å². The molecule has 1 aliphatic heterocycles. The standard InChI is InChI=1S/C15H19N3O2/c1-9(2)13-14(19)16-6-7-18(13)15-17-11-8-10(3)4-5-12(11)20-15/h4-5,8-9,13H,6-7H2,1-3H3,(H,16,19). The lowest BCUT2D eigenvalue weighted by Crippen LogP contribution is -2.57. The summed E-state index contributed by atoms with van der Waals surface area (Å²) in [7, 11) is 0. The lowest BCUT2D eigenvalue weighted by atomic mass is 10.0. The van der Waals surface area contributed by atoms with Crippen LogP contribution in [-0.2, 0) is 4.79 Å². The Morgan fingerprint density at radius 1 is 1.45 bits per heavy atom. The smallest absolute Gasteiger partial charge is 0.299 e. The Morgan fingerprint density at radius 2 is 2.25 bits per heavy atom. The Kier molecular flexibility index (Phi) is 3.12. The van der Waals surface area contributed by atoms with Crippen molar-refractivity contribution in [3.63, 3.8) is 0 Å². The second-order valence-electron chi connectivity index (χ2n) is 5.64. The van der Waals surface area contributed by atoms with Crippen LogP contribution in [0.25, 0.3) is 11.1 Å². The first kappa shape index (κ1) is 13.0. The van der Waals surface area contributed by atoms with E-state index >= 15 is 0 Å². The second kappa shape index (κ2) is 4.81. The Morgan fingerprint density at radius 3 is 3.00 bits per heavy atom. The first-order valence-electron chi connectivity index (χ1n) is 6.98. The predicted octanol–water partition coefficient (Wildman–Crippen LogP) is 2.10. The maximum atomic E-state index is 12.1. The van der Waals surface area contributed by atoms with E-state index in [1.807, 2.05) is 43.9 Å². The molecule has 1 N–H and O–H groups in total. The quantitative estimate of drug-likeness (QED) is 0.910. The van der Waals surface area contributed by atoms with Crippen LogP contribution in [0.15, 0.2) is 22.6 Å². The van der Waals surface area contributed by atoms with Gasteiger partial charge in [-0.05, 0) is 30.5 Å². The summed E-state index contributed by atoms with van der Waals surface area (Å²) in [6, 6.07) is 6.24. The fourth-order valence-corrected chi connectivity index (χ4v) is 2.71. The van der Waals surface area contributed by atoms with E-state index in [1.54, 1.807) is 0 Å². The van der Waals surface area contributed by atoms with Crippen LogP contribution in [-0.4, -0.2) is 30.0 Å². The third-order valence-electron chi connectivity index (χ3n) is 3.67. The average Bonchev–Trinajstić information content (AvgIpc) is 2.80. The zero-order valence-corrected chi connectivity index (χ0v) is 12.0. The van der Waals surface area contributed by atoms with Crippen molar-refractivity contribution in [2.75, 3.05) is 18.0 Å². The normalized spacial score (nSPS) is 19.7. The Bertz CT molecular complexity index is 648. The number of rotatable bonds is 2. The summed E-state index contributed by atoms with van der Waals surface area (Å²) < 4.78 is 5.83. The number of aryl methyl sites for hydroxylation is 1. The summed E-state index contributed by atoms with van der Waals surface area (Å²) in [6.07, 6.45) is 0. The highest BCUT2D eigenvalue weighted by Crippen LogP contribution is 2.27. The molecule has 1 fully saturated rings. The van der Waals surface area contributed by atoms with Gasteiger partial charge in [0.25, 0.3) is 6.01 Å². The zero-order valence-electron chi connectivity index (χ0n) is 12.0. The molecule has 1 saturated heterocycles. The molecule has 5 heteroatoms. The van der Waals surface area contributed by atoms with Gasteiger partial charge in [-0.1, -0.05) is 19.9 Å². The molecule has 0 bridgehead atoms. The predicted molar refractivity (Wildman–Crippen MR) is 77.7 cm³/mol. The zero-order chi connectivity index (χ0) is 14.3. The van der Waals surface area contributed by atoms with Gasteiger partial charge in [0.15, 0.2) is 5.58 Å². The van der Waals surface area contributed by atoms with E-state index in [-0.39, 0.29) is 17.9 Å². The van der Waals surface area contributed by atoms with E-state index < -0.39 is 0 Å². The van der Waals surface area contributed by atoms with Crippen LogP contribution in [0.5, 0.6) is 0 Å². The topological polar surface area (TPSA) is 58.4 Å². The van der Waals surface area contributed by atoms with Gasteiger partial charge in [0.05, 0.1) is 0 Å². The molecule has 0 radical (unpaired) electrons. The van der Waals surface area contributed by atoms with Crippen LogP contribution >= 0.6 is 0 Å². The van der Waals surface area contributed by atoms with Crippen LogP contribution in [0.3, 0.4) is 0 Å². The number of benzene rings is 1. The van der Waals surface area contributed by atoms with Gasteiger partial charge in [-0.15, -0.1) is 0 Å². The van der Waals surface area contributed by atoms with Gasteiger partial charge in [-0.3, -0.25) is 4.79 Å². The van der Waals surface area contributed by atoms with Gasteiger partial charge < -0.3 is 14.6 Å². The fraction of sp³-hybridized carbons (Fsp3) is 0.467. The number of hydrogen-bond acceptors (Lipinski definition) is 4. The highest BCUT2D eigenvalue weighted by Gasteiger charge is 2.34. The van der Waals surface area contributed by atoms with Crippen molar-refractivity contribution < 1.29 is 9.21 Å². The fourth-order valence-electron chi connectivity index (χ4n) is 2.71. The third kappa shape index (κ3) is 2.13. The van der Waals surface area contributed by atoms with E-state index in [9.17, 15) is 4.79 Å². The highest BCUT2D eigenvalue weighted by molar-refractivity contribution is 5.86. The van der Waals surface area contributed by atoms with Crippen molar-refractivity contribution >= 4 is 23.0 Å². The van der Waals surface area contributed by atoms with Crippen molar-refractivity contribution in [1.82, 2.24) is 10.3 Å². The molecule has 1 unspecified atom stereocenters. The van der Waals surface area contributed by atoms with Gasteiger partial charge in [-0.25, -0.2) is 0 Å². The van der Waals surface area contributed by atoms with Gasteiger partial charge in [0.2, 0.25) is 5.91 Å².